The van der Waals surface area contributed by atoms with Crippen LogP contribution in [0.15, 0.2) is 42.5 Å². The molecule has 1 aliphatic rings. The molecule has 1 unspecified atom stereocenters. The Hall–Kier alpha value is -4.12. The fourth-order valence-corrected chi connectivity index (χ4v) is 5.56. The van der Waals surface area contributed by atoms with Gasteiger partial charge in [0.15, 0.2) is 5.69 Å². The van der Waals surface area contributed by atoms with Crippen LogP contribution < -0.4 is 31.2 Å². The number of nitrogens with zero attached hydrogens (tertiary/aromatic N) is 2. The molecule has 11 heteroatoms. The molecule has 3 aromatic rings. The second-order valence-electron chi connectivity index (χ2n) is 9.33. The van der Waals surface area contributed by atoms with Crippen LogP contribution in [-0.4, -0.2) is 42.4 Å². The maximum absolute atomic E-state index is 14.3. The van der Waals surface area contributed by atoms with Crippen LogP contribution in [0, 0.1) is 0 Å². The number of nitrogen functional groups attached to an aromatic ring is 1. The molecule has 1 fully saturated rings. The van der Waals surface area contributed by atoms with E-state index in [4.69, 9.17) is 20.9 Å². The Bertz CT molecular complexity index is 1350. The molecule has 39 heavy (non-hydrogen) atoms. The highest BCUT2D eigenvalue weighted by Crippen LogP contribution is 2.38. The predicted molar refractivity (Wildman–Crippen MR) is 150 cm³/mol. The van der Waals surface area contributed by atoms with Gasteiger partial charge in [0.25, 0.3) is 11.8 Å². The van der Waals surface area contributed by atoms with Crippen LogP contribution in [0.2, 0.25) is 0 Å². The number of ether oxygens (including phenoxy) is 2. The molecular formula is C28H33N5O5S. The minimum absolute atomic E-state index is 0.00361. The number of rotatable bonds is 10. The minimum atomic E-state index is -1.16. The maximum atomic E-state index is 14.3. The average Bonchev–Trinajstić information content (AvgIpc) is 3.60. The molecule has 0 saturated heterocycles. The molecule has 0 spiro atoms. The lowest BCUT2D eigenvalue weighted by Crippen LogP contribution is -2.46. The summed E-state index contributed by atoms with van der Waals surface area (Å²) in [4.78, 5) is 41.6. The number of benzene rings is 2. The highest BCUT2D eigenvalue weighted by molar-refractivity contribution is 7.09. The van der Waals surface area contributed by atoms with Gasteiger partial charge in [-0.15, -0.1) is 0 Å². The molecule has 1 heterocycles. The first-order valence-corrected chi connectivity index (χ1v) is 13.6. The van der Waals surface area contributed by atoms with Gasteiger partial charge in [-0.2, -0.15) is 4.37 Å². The van der Waals surface area contributed by atoms with E-state index in [0.29, 0.717) is 22.7 Å². The largest absolute Gasteiger partial charge is 0.497 e. The normalized spacial score (nSPS) is 14.0. The number of nitrogens with two attached hydrogens (primary N) is 2. The number of carbonyl (C=O) groups excluding carboxylic acids is 3. The van der Waals surface area contributed by atoms with Crippen LogP contribution in [0.5, 0.6) is 11.5 Å². The van der Waals surface area contributed by atoms with E-state index in [1.165, 1.54) is 19.1 Å². The van der Waals surface area contributed by atoms with Crippen molar-refractivity contribution in [3.05, 3.63) is 64.2 Å². The number of nitrogens with one attached hydrogen (secondary N) is 1. The third-order valence-corrected chi connectivity index (χ3v) is 7.79. The van der Waals surface area contributed by atoms with Crippen LogP contribution in [0.1, 0.15) is 69.9 Å². The molecule has 1 aromatic heterocycles. The van der Waals surface area contributed by atoms with Gasteiger partial charge >= 0.3 is 0 Å². The fourth-order valence-electron chi connectivity index (χ4n) is 4.82. The second kappa shape index (κ2) is 12.2. The number of hydrogen-bond donors (Lipinski definition) is 3. The Kier molecular flexibility index (Phi) is 8.70. The zero-order chi connectivity index (χ0) is 28.1. The van der Waals surface area contributed by atoms with Crippen molar-refractivity contribution in [2.75, 3.05) is 24.9 Å². The van der Waals surface area contributed by atoms with Crippen molar-refractivity contribution in [2.24, 2.45) is 5.73 Å². The smallest absolute Gasteiger partial charge is 0.273 e. The summed E-state index contributed by atoms with van der Waals surface area (Å²) in [6.45, 7) is 2.03. The summed E-state index contributed by atoms with van der Waals surface area (Å²) in [5.74, 6) is -0.920. The third-order valence-electron chi connectivity index (χ3n) is 6.94. The molecule has 3 amide bonds. The van der Waals surface area contributed by atoms with Crippen molar-refractivity contribution in [3.8, 4) is 11.5 Å². The topological polar surface area (TPSA) is 150 Å². The lowest BCUT2D eigenvalue weighted by molar-refractivity contribution is -0.123. The second-order valence-corrected chi connectivity index (χ2v) is 10.1. The predicted octanol–water partition coefficient (Wildman–Crippen LogP) is 3.85. The number of amides is 3. The van der Waals surface area contributed by atoms with E-state index >= 15 is 0 Å². The molecule has 1 saturated carbocycles. The minimum Gasteiger partial charge on any atom is -0.497 e. The van der Waals surface area contributed by atoms with Gasteiger partial charge in [-0.05, 0) is 66.7 Å². The van der Waals surface area contributed by atoms with E-state index in [9.17, 15) is 14.4 Å². The highest BCUT2D eigenvalue weighted by Gasteiger charge is 2.38. The fraction of sp³-hybridized carbons (Fsp3) is 0.357. The van der Waals surface area contributed by atoms with Gasteiger partial charge in [-0.25, -0.2) is 0 Å². The van der Waals surface area contributed by atoms with E-state index in [1.54, 1.807) is 30.3 Å². The average molecular weight is 552 g/mol. The number of aromatic nitrogens is 1. The lowest BCUT2D eigenvalue weighted by atomic mass is 9.99. The molecule has 5 N–H and O–H groups in total. The molecule has 0 aliphatic heterocycles. The van der Waals surface area contributed by atoms with Gasteiger partial charge in [0, 0.05) is 17.3 Å². The molecule has 0 bridgehead atoms. The summed E-state index contributed by atoms with van der Waals surface area (Å²) < 4.78 is 15.1. The van der Waals surface area contributed by atoms with Crippen LogP contribution >= 0.6 is 11.5 Å². The van der Waals surface area contributed by atoms with E-state index in [2.05, 4.69) is 9.69 Å². The van der Waals surface area contributed by atoms with Gasteiger partial charge in [0.05, 0.1) is 19.9 Å². The Balaban J connectivity index is 1.93. The number of aryl methyl sites for hydroxylation is 1. The third kappa shape index (κ3) is 5.83. The summed E-state index contributed by atoms with van der Waals surface area (Å²) in [5.41, 5.74) is 13.2. The highest BCUT2D eigenvalue weighted by atomic mass is 32.1. The molecule has 1 atom stereocenters. The monoisotopic (exact) mass is 551 g/mol. The molecule has 10 nitrogen and oxygen atoms in total. The van der Waals surface area contributed by atoms with Crippen LogP contribution in [0.3, 0.4) is 0 Å². The van der Waals surface area contributed by atoms with E-state index < -0.39 is 17.9 Å². The van der Waals surface area contributed by atoms with Gasteiger partial charge in [0.2, 0.25) is 5.91 Å². The van der Waals surface area contributed by atoms with Crippen LogP contribution in [0.25, 0.3) is 0 Å². The van der Waals surface area contributed by atoms with Gasteiger partial charge in [0.1, 0.15) is 22.4 Å². The number of methoxy groups -OCH3 is 2. The molecule has 206 valence electrons. The van der Waals surface area contributed by atoms with Crippen molar-refractivity contribution in [2.45, 2.75) is 51.1 Å². The standard InChI is InChI=1S/C28H33N5O5S/c1-4-16-9-11-18(12-10-16)33(28(36)25-22(29)23(26(30)34)32-39-25)24(27(35)31-17-7-5-6-8-17)20-15-19(37-2)13-14-21(20)38-3/h9-15,17,24H,4-8,29H2,1-3H3,(H2,30,34)(H,31,35). The number of primary amides is 1. The van der Waals surface area contributed by atoms with E-state index in [1.807, 2.05) is 19.1 Å². The molecule has 1 aliphatic carbocycles. The van der Waals surface area contributed by atoms with Crippen LogP contribution in [0.4, 0.5) is 11.4 Å². The maximum Gasteiger partial charge on any atom is 0.273 e. The Morgan fingerprint density at radius 3 is 2.36 bits per heavy atom. The zero-order valence-electron chi connectivity index (χ0n) is 22.2. The van der Waals surface area contributed by atoms with Crippen LogP contribution in [-0.2, 0) is 11.2 Å². The SMILES string of the molecule is CCc1ccc(N(C(=O)c2snc(C(N)=O)c2N)C(C(=O)NC2CCCC2)c2cc(OC)ccc2OC)cc1. The molecule has 0 radical (unpaired) electrons. The van der Waals surface area contributed by atoms with Crippen molar-refractivity contribution >= 4 is 40.6 Å². The molecule has 2 aromatic carbocycles. The molecular weight excluding hydrogens is 518 g/mol. The summed E-state index contributed by atoms with van der Waals surface area (Å²) in [7, 11) is 3.02. The van der Waals surface area contributed by atoms with Crippen molar-refractivity contribution in [3.63, 3.8) is 0 Å². The van der Waals surface area contributed by atoms with E-state index in [0.717, 1.165) is 49.2 Å². The van der Waals surface area contributed by atoms with Crippen molar-refractivity contribution in [1.29, 1.82) is 0 Å². The first-order chi connectivity index (χ1) is 18.8. The lowest BCUT2D eigenvalue weighted by Gasteiger charge is -2.33. The van der Waals surface area contributed by atoms with Gasteiger partial charge in [-0.1, -0.05) is 31.9 Å². The zero-order valence-corrected chi connectivity index (χ0v) is 23.0. The Morgan fingerprint density at radius 2 is 1.79 bits per heavy atom. The van der Waals surface area contributed by atoms with Crippen molar-refractivity contribution in [1.82, 2.24) is 9.69 Å². The van der Waals surface area contributed by atoms with Gasteiger partial charge in [-0.3, -0.25) is 19.3 Å². The summed E-state index contributed by atoms with van der Waals surface area (Å²) in [6.07, 6.45) is 4.56. The first kappa shape index (κ1) is 27.9. The quantitative estimate of drug-likeness (QED) is 0.346. The molecule has 4 rings (SSSR count). The Labute approximate surface area is 231 Å². The first-order valence-electron chi connectivity index (χ1n) is 12.8. The number of anilines is 2. The van der Waals surface area contributed by atoms with Crippen molar-refractivity contribution < 1.29 is 23.9 Å². The summed E-state index contributed by atoms with van der Waals surface area (Å²) in [5, 5.41) is 3.14. The van der Waals surface area contributed by atoms with Gasteiger partial charge < -0.3 is 26.3 Å². The summed E-state index contributed by atoms with van der Waals surface area (Å²) in [6, 6.07) is 11.3. The Morgan fingerprint density at radius 1 is 1.10 bits per heavy atom. The summed E-state index contributed by atoms with van der Waals surface area (Å²) >= 11 is 0.763. The van der Waals surface area contributed by atoms with E-state index in [-0.39, 0.29) is 28.2 Å². The number of carbonyl (C=O) groups is 3. The number of hydrogen-bond acceptors (Lipinski definition) is 8.